The van der Waals surface area contributed by atoms with E-state index in [1.165, 1.54) is 11.9 Å². The van der Waals surface area contributed by atoms with Gasteiger partial charge < -0.3 is 4.74 Å². The SMILES string of the molecule is CC(C)n1nc(-c2cncc(OC(F)F)c2)cc1C1CCC(N2CCC3(C2)CS(=O)(=O)C3)CC1. The molecule has 3 fully saturated rings. The third kappa shape index (κ3) is 4.71. The van der Waals surface area contributed by atoms with Crippen molar-refractivity contribution in [3.05, 3.63) is 30.2 Å². The average Bonchev–Trinajstić information content (AvgIpc) is 3.38. The Balaban J connectivity index is 1.27. The highest BCUT2D eigenvalue weighted by molar-refractivity contribution is 7.92. The highest BCUT2D eigenvalue weighted by atomic mass is 32.2. The predicted molar refractivity (Wildman–Crippen MR) is 125 cm³/mol. The fraction of sp³-hybridized carbons (Fsp3) is 0.667. The Morgan fingerprint density at radius 1 is 1.12 bits per heavy atom. The minimum Gasteiger partial charge on any atom is -0.433 e. The summed E-state index contributed by atoms with van der Waals surface area (Å²) in [5.74, 6) is 1.13. The Morgan fingerprint density at radius 2 is 1.85 bits per heavy atom. The maximum Gasteiger partial charge on any atom is 0.387 e. The Bertz CT molecular complexity index is 1130. The van der Waals surface area contributed by atoms with Crippen molar-refractivity contribution in [2.75, 3.05) is 24.6 Å². The summed E-state index contributed by atoms with van der Waals surface area (Å²) >= 11 is 0. The highest BCUT2D eigenvalue weighted by Crippen LogP contribution is 2.45. The number of nitrogens with zero attached hydrogens (tertiary/aromatic N) is 4. The van der Waals surface area contributed by atoms with Crippen LogP contribution < -0.4 is 4.74 Å². The summed E-state index contributed by atoms with van der Waals surface area (Å²) in [5, 5.41) is 4.79. The van der Waals surface area contributed by atoms with Crippen LogP contribution in [0.25, 0.3) is 11.3 Å². The Hall–Kier alpha value is -2.07. The zero-order valence-electron chi connectivity index (χ0n) is 19.7. The van der Waals surface area contributed by atoms with Gasteiger partial charge in [0.15, 0.2) is 9.84 Å². The lowest BCUT2D eigenvalue weighted by atomic mass is 9.83. The van der Waals surface area contributed by atoms with Crippen molar-refractivity contribution in [1.29, 1.82) is 0 Å². The van der Waals surface area contributed by atoms with E-state index in [4.69, 9.17) is 5.10 Å². The number of aromatic nitrogens is 3. The molecular formula is C24H32F2N4O3S. The van der Waals surface area contributed by atoms with Gasteiger partial charge >= 0.3 is 6.61 Å². The van der Waals surface area contributed by atoms with Gasteiger partial charge in [0.25, 0.3) is 0 Å². The lowest BCUT2D eigenvalue weighted by Crippen LogP contribution is -2.51. The van der Waals surface area contributed by atoms with Crippen LogP contribution in [0.1, 0.15) is 63.6 Å². The highest BCUT2D eigenvalue weighted by Gasteiger charge is 2.53. The molecule has 0 atom stereocenters. The number of hydrogen-bond donors (Lipinski definition) is 0. The van der Waals surface area contributed by atoms with Gasteiger partial charge in [-0.2, -0.15) is 13.9 Å². The number of pyridine rings is 1. The van der Waals surface area contributed by atoms with E-state index in [2.05, 4.69) is 34.5 Å². The molecule has 34 heavy (non-hydrogen) atoms. The molecule has 0 aromatic carbocycles. The monoisotopic (exact) mass is 494 g/mol. The first-order chi connectivity index (χ1) is 16.1. The van der Waals surface area contributed by atoms with E-state index in [-0.39, 0.29) is 17.2 Å². The molecule has 186 valence electrons. The normalized spacial score (nSPS) is 26.3. The third-order valence-corrected chi connectivity index (χ3v) is 9.74. The smallest absolute Gasteiger partial charge is 0.387 e. The van der Waals surface area contributed by atoms with E-state index in [1.54, 1.807) is 12.3 Å². The number of halogens is 2. The molecular weight excluding hydrogens is 462 g/mol. The van der Waals surface area contributed by atoms with E-state index in [0.717, 1.165) is 45.2 Å². The molecule has 3 aliphatic rings. The zero-order chi connectivity index (χ0) is 24.1. The number of rotatable bonds is 6. The molecule has 0 radical (unpaired) electrons. The molecule has 1 spiro atoms. The standard InChI is InChI=1S/C24H32F2N4O3S/c1-16(2)30-22(10-21(28-30)18-9-20(12-27-11-18)33-23(25)26)17-3-5-19(6-4-17)29-8-7-24(13-29)14-34(31,32)15-24/h9-12,16-17,19,23H,3-8,13-15H2,1-2H3. The van der Waals surface area contributed by atoms with Crippen molar-refractivity contribution < 1.29 is 21.9 Å². The fourth-order valence-corrected chi connectivity index (χ4v) is 8.39. The second kappa shape index (κ2) is 8.86. The van der Waals surface area contributed by atoms with Gasteiger partial charge in [-0.25, -0.2) is 8.42 Å². The molecule has 0 unspecified atom stereocenters. The van der Waals surface area contributed by atoms with E-state index in [0.29, 0.717) is 34.7 Å². The summed E-state index contributed by atoms with van der Waals surface area (Å²) in [7, 11) is -2.80. The minimum absolute atomic E-state index is 0.0114. The van der Waals surface area contributed by atoms with Crippen LogP contribution in [0.2, 0.25) is 0 Å². The second-order valence-electron chi connectivity index (χ2n) is 10.5. The fourth-order valence-electron chi connectivity index (χ4n) is 6.14. The average molecular weight is 495 g/mol. The first-order valence-corrected chi connectivity index (χ1v) is 13.9. The molecule has 10 heteroatoms. The molecule has 2 aromatic rings. The number of alkyl halides is 2. The van der Waals surface area contributed by atoms with E-state index in [1.807, 2.05) is 4.68 Å². The van der Waals surface area contributed by atoms with Crippen molar-refractivity contribution in [2.45, 2.75) is 70.6 Å². The molecule has 1 saturated carbocycles. The Labute approximate surface area is 199 Å². The van der Waals surface area contributed by atoms with Gasteiger partial charge in [0.2, 0.25) is 0 Å². The van der Waals surface area contributed by atoms with E-state index in [9.17, 15) is 17.2 Å². The van der Waals surface area contributed by atoms with Gasteiger partial charge in [0, 0.05) is 47.4 Å². The van der Waals surface area contributed by atoms with Gasteiger partial charge in [-0.15, -0.1) is 0 Å². The summed E-state index contributed by atoms with van der Waals surface area (Å²) in [6.07, 6.45) is 8.18. The van der Waals surface area contributed by atoms with Crippen LogP contribution in [0, 0.1) is 5.41 Å². The quantitative estimate of drug-likeness (QED) is 0.597. The Kier molecular flexibility index (Phi) is 6.16. The molecule has 5 rings (SSSR count). The third-order valence-electron chi connectivity index (χ3n) is 7.64. The van der Waals surface area contributed by atoms with Crippen molar-refractivity contribution in [1.82, 2.24) is 19.7 Å². The lowest BCUT2D eigenvalue weighted by Gasteiger charge is -2.40. The van der Waals surface area contributed by atoms with Gasteiger partial charge in [-0.3, -0.25) is 14.6 Å². The molecule has 2 aromatic heterocycles. The summed E-state index contributed by atoms with van der Waals surface area (Å²) in [6.45, 7) is 3.21. The number of sulfone groups is 1. The van der Waals surface area contributed by atoms with Crippen LogP contribution in [0.4, 0.5) is 8.78 Å². The van der Waals surface area contributed by atoms with Gasteiger partial charge in [0.1, 0.15) is 5.75 Å². The number of ether oxygens (including phenoxy) is 1. The molecule has 1 aliphatic carbocycles. The van der Waals surface area contributed by atoms with Gasteiger partial charge in [-0.1, -0.05) is 0 Å². The summed E-state index contributed by atoms with van der Waals surface area (Å²) in [5.41, 5.74) is 2.56. The van der Waals surface area contributed by atoms with Gasteiger partial charge in [0.05, 0.1) is 23.4 Å². The molecule has 0 bridgehead atoms. The Morgan fingerprint density at radius 3 is 2.50 bits per heavy atom. The molecule has 2 aliphatic heterocycles. The van der Waals surface area contributed by atoms with Crippen molar-refractivity contribution >= 4 is 9.84 Å². The molecule has 0 N–H and O–H groups in total. The minimum atomic E-state index is -2.89. The van der Waals surface area contributed by atoms with Crippen LogP contribution >= 0.6 is 0 Å². The van der Waals surface area contributed by atoms with Crippen LogP contribution in [0.15, 0.2) is 24.5 Å². The van der Waals surface area contributed by atoms with Gasteiger partial charge in [-0.05, 0) is 64.6 Å². The number of hydrogen-bond acceptors (Lipinski definition) is 6. The van der Waals surface area contributed by atoms with Crippen molar-refractivity contribution in [3.63, 3.8) is 0 Å². The summed E-state index contributed by atoms with van der Waals surface area (Å²) < 4.78 is 55.2. The maximum atomic E-state index is 12.6. The second-order valence-corrected chi connectivity index (χ2v) is 12.6. The lowest BCUT2D eigenvalue weighted by molar-refractivity contribution is -0.0500. The van der Waals surface area contributed by atoms with E-state index < -0.39 is 16.4 Å². The summed E-state index contributed by atoms with van der Waals surface area (Å²) in [4.78, 5) is 6.57. The van der Waals surface area contributed by atoms with Crippen LogP contribution in [-0.2, 0) is 9.84 Å². The molecule has 0 amide bonds. The molecule has 2 saturated heterocycles. The van der Waals surface area contributed by atoms with Crippen LogP contribution in [-0.4, -0.2) is 65.3 Å². The van der Waals surface area contributed by atoms with E-state index >= 15 is 0 Å². The van der Waals surface area contributed by atoms with Crippen molar-refractivity contribution in [2.24, 2.45) is 5.41 Å². The molecule has 7 nitrogen and oxygen atoms in total. The summed E-state index contributed by atoms with van der Waals surface area (Å²) in [6, 6.07) is 4.31. The van der Waals surface area contributed by atoms with Crippen LogP contribution in [0.3, 0.4) is 0 Å². The zero-order valence-corrected chi connectivity index (χ0v) is 20.5. The predicted octanol–water partition coefficient (Wildman–Crippen LogP) is 4.27. The van der Waals surface area contributed by atoms with Crippen LogP contribution in [0.5, 0.6) is 5.75 Å². The largest absolute Gasteiger partial charge is 0.433 e. The number of likely N-dealkylation sites (tertiary alicyclic amines) is 1. The first-order valence-electron chi connectivity index (χ1n) is 12.1. The van der Waals surface area contributed by atoms with Crippen molar-refractivity contribution in [3.8, 4) is 17.0 Å². The molecule has 4 heterocycles. The first kappa shape index (κ1) is 23.7. The maximum absolute atomic E-state index is 12.6. The topological polar surface area (TPSA) is 77.3 Å².